The molecule has 0 radical (unpaired) electrons. The minimum Gasteiger partial charge on any atom is -0.343 e. The number of halogens is 1. The molecule has 0 N–H and O–H groups in total. The van der Waals surface area contributed by atoms with E-state index in [-0.39, 0.29) is 0 Å². The highest BCUT2D eigenvalue weighted by molar-refractivity contribution is 9.10. The molecule has 1 aromatic carbocycles. The highest BCUT2D eigenvalue weighted by atomic mass is 79.9. The normalized spacial score (nSPS) is 15.3. The van der Waals surface area contributed by atoms with Crippen LogP contribution in [-0.2, 0) is 11.2 Å². The fourth-order valence-corrected chi connectivity index (χ4v) is 2.78. The largest absolute Gasteiger partial charge is 0.343 e. The minimum absolute atomic E-state index is 0.310. The Morgan fingerprint density at radius 2 is 2.06 bits per heavy atom. The summed E-state index contributed by atoms with van der Waals surface area (Å²) in [5, 5.41) is 0. The monoisotopic (exact) mass is 295 g/mol. The summed E-state index contributed by atoms with van der Waals surface area (Å²) in [4.78, 5) is 13.9. The Balaban J connectivity index is 1.90. The van der Waals surface area contributed by atoms with E-state index in [1.54, 1.807) is 0 Å². The van der Waals surface area contributed by atoms with Gasteiger partial charge in [-0.05, 0) is 49.4 Å². The van der Waals surface area contributed by atoms with Crippen LogP contribution in [0.5, 0.6) is 0 Å². The van der Waals surface area contributed by atoms with Crippen molar-refractivity contribution in [1.29, 1.82) is 0 Å². The topological polar surface area (TPSA) is 20.3 Å². The lowest BCUT2D eigenvalue weighted by atomic mass is 10.0. The van der Waals surface area contributed by atoms with Gasteiger partial charge in [0.25, 0.3) is 0 Å². The molecule has 2 nitrogen and oxygen atoms in total. The number of benzene rings is 1. The van der Waals surface area contributed by atoms with Crippen molar-refractivity contribution in [1.82, 2.24) is 4.90 Å². The van der Waals surface area contributed by atoms with Crippen LogP contribution < -0.4 is 0 Å². The maximum absolute atomic E-state index is 11.9. The van der Waals surface area contributed by atoms with Crippen molar-refractivity contribution in [2.75, 3.05) is 13.1 Å². The van der Waals surface area contributed by atoms with Crippen molar-refractivity contribution >= 4 is 21.8 Å². The smallest absolute Gasteiger partial charge is 0.222 e. The molecule has 1 saturated heterocycles. The molecule has 17 heavy (non-hydrogen) atoms. The van der Waals surface area contributed by atoms with Crippen molar-refractivity contribution in [3.63, 3.8) is 0 Å². The van der Waals surface area contributed by atoms with E-state index in [4.69, 9.17) is 0 Å². The molecule has 92 valence electrons. The van der Waals surface area contributed by atoms with E-state index in [9.17, 15) is 4.79 Å². The molecule has 2 rings (SSSR count). The fraction of sp³-hybridized carbons (Fsp3) is 0.500. The number of hydrogen-bond acceptors (Lipinski definition) is 1. The lowest BCUT2D eigenvalue weighted by Crippen LogP contribution is -2.27. The Bertz CT molecular complexity index is 411. The van der Waals surface area contributed by atoms with E-state index in [0.717, 1.165) is 24.0 Å². The fourth-order valence-electron chi connectivity index (χ4n) is 2.31. The molecule has 1 heterocycles. The number of carbonyl (C=O) groups excluding carboxylic acids is 1. The standard InChI is InChI=1S/C14H18BrNO/c1-11-10-13(15)6-4-12(11)5-7-14(17)16-8-2-3-9-16/h4,6,10H,2-3,5,7-9H2,1H3. The zero-order valence-corrected chi connectivity index (χ0v) is 11.8. The first-order valence-electron chi connectivity index (χ1n) is 6.19. The summed E-state index contributed by atoms with van der Waals surface area (Å²) in [6.07, 6.45) is 3.84. The summed E-state index contributed by atoms with van der Waals surface area (Å²) in [7, 11) is 0. The predicted octanol–water partition coefficient (Wildman–Crippen LogP) is 3.31. The summed E-state index contributed by atoms with van der Waals surface area (Å²) in [5.74, 6) is 0.310. The number of hydrogen-bond donors (Lipinski definition) is 0. The van der Waals surface area contributed by atoms with Gasteiger partial charge in [0, 0.05) is 24.0 Å². The van der Waals surface area contributed by atoms with E-state index in [1.165, 1.54) is 24.0 Å². The van der Waals surface area contributed by atoms with Gasteiger partial charge in [-0.3, -0.25) is 4.79 Å². The first-order valence-corrected chi connectivity index (χ1v) is 6.99. The zero-order valence-electron chi connectivity index (χ0n) is 10.2. The van der Waals surface area contributed by atoms with Crippen LogP contribution in [0.1, 0.15) is 30.4 Å². The minimum atomic E-state index is 0.310. The number of nitrogens with zero attached hydrogens (tertiary/aromatic N) is 1. The van der Waals surface area contributed by atoms with Crippen LogP contribution in [0, 0.1) is 6.92 Å². The van der Waals surface area contributed by atoms with Crippen molar-refractivity contribution < 1.29 is 4.79 Å². The summed E-state index contributed by atoms with van der Waals surface area (Å²) >= 11 is 3.46. The summed E-state index contributed by atoms with van der Waals surface area (Å²) in [5.41, 5.74) is 2.54. The van der Waals surface area contributed by atoms with Crippen LogP contribution in [-0.4, -0.2) is 23.9 Å². The number of amides is 1. The van der Waals surface area contributed by atoms with Gasteiger partial charge in [-0.2, -0.15) is 0 Å². The third-order valence-electron chi connectivity index (χ3n) is 3.37. The Hall–Kier alpha value is -0.830. The SMILES string of the molecule is Cc1cc(Br)ccc1CCC(=O)N1CCCC1. The van der Waals surface area contributed by atoms with Crippen molar-refractivity contribution in [3.05, 3.63) is 33.8 Å². The van der Waals surface area contributed by atoms with Gasteiger partial charge in [0.15, 0.2) is 0 Å². The van der Waals surface area contributed by atoms with Gasteiger partial charge >= 0.3 is 0 Å². The number of rotatable bonds is 3. The van der Waals surface area contributed by atoms with Crippen LogP contribution in [0.3, 0.4) is 0 Å². The second-order valence-electron chi connectivity index (χ2n) is 4.66. The zero-order chi connectivity index (χ0) is 12.3. The quantitative estimate of drug-likeness (QED) is 0.838. The predicted molar refractivity (Wildman–Crippen MR) is 73.0 cm³/mol. The molecule has 0 aromatic heterocycles. The van der Waals surface area contributed by atoms with E-state index >= 15 is 0 Å². The summed E-state index contributed by atoms with van der Waals surface area (Å²) in [6.45, 7) is 4.01. The van der Waals surface area contributed by atoms with Gasteiger partial charge in [-0.1, -0.05) is 22.0 Å². The third kappa shape index (κ3) is 3.32. The average Bonchev–Trinajstić information content (AvgIpc) is 2.81. The number of aryl methyl sites for hydroxylation is 2. The molecule has 1 amide bonds. The first kappa shape index (κ1) is 12.6. The molecular formula is C14H18BrNO. The van der Waals surface area contributed by atoms with Crippen molar-refractivity contribution in [2.45, 2.75) is 32.6 Å². The Morgan fingerprint density at radius 3 is 2.71 bits per heavy atom. The molecule has 0 unspecified atom stereocenters. The molecule has 1 aliphatic rings. The van der Waals surface area contributed by atoms with Gasteiger partial charge in [0.1, 0.15) is 0 Å². The molecule has 1 aromatic rings. The van der Waals surface area contributed by atoms with Crippen LogP contribution in [0.25, 0.3) is 0 Å². The molecule has 3 heteroatoms. The Labute approximate surface area is 111 Å². The second-order valence-corrected chi connectivity index (χ2v) is 5.57. The van der Waals surface area contributed by atoms with Crippen molar-refractivity contribution in [3.8, 4) is 0 Å². The summed E-state index contributed by atoms with van der Waals surface area (Å²) < 4.78 is 1.10. The molecule has 0 bridgehead atoms. The molecule has 0 atom stereocenters. The summed E-state index contributed by atoms with van der Waals surface area (Å²) in [6, 6.07) is 6.26. The Kier molecular flexibility index (Phi) is 4.21. The Morgan fingerprint density at radius 1 is 1.35 bits per heavy atom. The van der Waals surface area contributed by atoms with Crippen molar-refractivity contribution in [2.24, 2.45) is 0 Å². The molecular weight excluding hydrogens is 278 g/mol. The van der Waals surface area contributed by atoms with E-state index in [1.807, 2.05) is 11.0 Å². The molecule has 1 aliphatic heterocycles. The average molecular weight is 296 g/mol. The van der Waals surface area contributed by atoms with Gasteiger partial charge < -0.3 is 4.90 Å². The first-order chi connectivity index (χ1) is 8.16. The van der Waals surface area contributed by atoms with Crippen LogP contribution in [0.4, 0.5) is 0 Å². The van der Waals surface area contributed by atoms with Gasteiger partial charge in [-0.25, -0.2) is 0 Å². The third-order valence-corrected chi connectivity index (χ3v) is 3.86. The van der Waals surface area contributed by atoms with E-state index in [0.29, 0.717) is 12.3 Å². The molecule has 0 saturated carbocycles. The highest BCUT2D eigenvalue weighted by Crippen LogP contribution is 2.18. The van der Waals surface area contributed by atoms with Crippen LogP contribution >= 0.6 is 15.9 Å². The highest BCUT2D eigenvalue weighted by Gasteiger charge is 2.17. The second kappa shape index (κ2) is 5.67. The van der Waals surface area contributed by atoms with E-state index < -0.39 is 0 Å². The van der Waals surface area contributed by atoms with Gasteiger partial charge in [0.2, 0.25) is 5.91 Å². The lowest BCUT2D eigenvalue weighted by molar-refractivity contribution is -0.130. The molecule has 0 spiro atoms. The maximum Gasteiger partial charge on any atom is 0.222 e. The number of carbonyl (C=O) groups is 1. The number of likely N-dealkylation sites (tertiary alicyclic amines) is 1. The molecule has 0 aliphatic carbocycles. The van der Waals surface area contributed by atoms with Gasteiger partial charge in [0.05, 0.1) is 0 Å². The maximum atomic E-state index is 11.9. The molecule has 1 fully saturated rings. The van der Waals surface area contributed by atoms with Gasteiger partial charge in [-0.15, -0.1) is 0 Å². The van der Waals surface area contributed by atoms with Crippen LogP contribution in [0.15, 0.2) is 22.7 Å². The van der Waals surface area contributed by atoms with E-state index in [2.05, 4.69) is 35.0 Å². The lowest BCUT2D eigenvalue weighted by Gasteiger charge is -2.15. The van der Waals surface area contributed by atoms with Crippen LogP contribution in [0.2, 0.25) is 0 Å².